The third-order valence-electron chi connectivity index (χ3n) is 1.58. The molecule has 0 heterocycles. The highest BCUT2D eigenvalue weighted by atomic mass is 16.5. The second-order valence-corrected chi connectivity index (χ2v) is 2.31. The molecule has 62 valence electrons. The molecule has 0 radical (unpaired) electrons. The van der Waals surface area contributed by atoms with Crippen molar-refractivity contribution in [2.75, 3.05) is 7.11 Å². The summed E-state index contributed by atoms with van der Waals surface area (Å²) in [5.74, 6) is -0.502. The molecule has 0 N–H and O–H groups in total. The molecule has 0 aromatic rings. The number of methoxy groups -OCH3 is 1. The van der Waals surface area contributed by atoms with Crippen LogP contribution < -0.4 is 0 Å². The Hall–Kier alpha value is -1.22. The molecule has 0 saturated carbocycles. The minimum absolute atomic E-state index is 0.434. The molecule has 5 nitrogen and oxygen atoms in total. The number of carbonyl (C=O) groups excluding carboxylic acids is 1. The lowest BCUT2D eigenvalue weighted by Gasteiger charge is -2.17. The van der Waals surface area contributed by atoms with Crippen LogP contribution in [0.25, 0.3) is 10.4 Å². The highest BCUT2D eigenvalue weighted by molar-refractivity contribution is 5.80. The first-order valence-electron chi connectivity index (χ1n) is 3.25. The van der Waals surface area contributed by atoms with Gasteiger partial charge in [0.15, 0.2) is 0 Å². The maximum Gasteiger partial charge on any atom is 0.317 e. The van der Waals surface area contributed by atoms with Gasteiger partial charge < -0.3 is 4.74 Å². The fourth-order valence-corrected chi connectivity index (χ4v) is 0.574. The van der Waals surface area contributed by atoms with E-state index in [1.165, 1.54) is 7.11 Å². The summed E-state index contributed by atoms with van der Waals surface area (Å²) >= 11 is 0. The molecule has 1 atom stereocenters. The van der Waals surface area contributed by atoms with Crippen molar-refractivity contribution >= 4 is 5.97 Å². The van der Waals surface area contributed by atoms with Crippen LogP contribution in [0.4, 0.5) is 0 Å². The summed E-state index contributed by atoms with van der Waals surface area (Å²) in [4.78, 5) is 13.5. The molecule has 0 aromatic heterocycles. The summed E-state index contributed by atoms with van der Waals surface area (Å²) in [7, 11) is 1.27. The number of rotatable bonds is 3. The minimum Gasteiger partial charge on any atom is -0.469 e. The van der Waals surface area contributed by atoms with E-state index in [9.17, 15) is 4.79 Å². The highest BCUT2D eigenvalue weighted by Gasteiger charge is 2.30. The molecule has 0 aliphatic rings. The second kappa shape index (κ2) is 3.83. The number of ether oxygens (including phenoxy) is 1. The molecule has 0 bridgehead atoms. The fourth-order valence-electron chi connectivity index (χ4n) is 0.574. The van der Waals surface area contributed by atoms with Crippen LogP contribution in [0.15, 0.2) is 5.11 Å². The summed E-state index contributed by atoms with van der Waals surface area (Å²) in [5, 5.41) is 3.35. The molecular formula is C6H11N3O2. The van der Waals surface area contributed by atoms with Crippen LogP contribution in [-0.4, -0.2) is 18.6 Å². The van der Waals surface area contributed by atoms with Crippen molar-refractivity contribution in [1.29, 1.82) is 0 Å². The normalized spacial score (nSPS) is 14.5. The highest BCUT2D eigenvalue weighted by Crippen LogP contribution is 2.16. The van der Waals surface area contributed by atoms with Crippen molar-refractivity contribution in [2.24, 2.45) is 5.11 Å². The predicted octanol–water partition coefficient (Wildman–Crippen LogP) is 1.64. The maximum absolute atomic E-state index is 11.0. The van der Waals surface area contributed by atoms with Crippen LogP contribution in [0.1, 0.15) is 20.3 Å². The third-order valence-corrected chi connectivity index (χ3v) is 1.58. The van der Waals surface area contributed by atoms with Crippen molar-refractivity contribution in [2.45, 2.75) is 25.8 Å². The second-order valence-electron chi connectivity index (χ2n) is 2.31. The SMILES string of the molecule is CCC(C)(N=[N+]=[N-])C(=O)OC. The lowest BCUT2D eigenvalue weighted by molar-refractivity contribution is -0.146. The van der Waals surface area contributed by atoms with E-state index in [0.29, 0.717) is 6.42 Å². The topological polar surface area (TPSA) is 75.1 Å². The zero-order valence-corrected chi connectivity index (χ0v) is 6.87. The van der Waals surface area contributed by atoms with Gasteiger partial charge in [0.05, 0.1) is 7.11 Å². The zero-order chi connectivity index (χ0) is 8.91. The molecule has 11 heavy (non-hydrogen) atoms. The van der Waals surface area contributed by atoms with E-state index in [2.05, 4.69) is 14.8 Å². The standard InChI is InChI=1S/C6H11N3O2/c1-4-6(2,8-9-7)5(10)11-3/h4H2,1-3H3. The molecule has 0 aromatic carbocycles. The zero-order valence-electron chi connectivity index (χ0n) is 6.87. The van der Waals surface area contributed by atoms with Crippen molar-refractivity contribution in [3.8, 4) is 0 Å². The first-order valence-corrected chi connectivity index (χ1v) is 3.25. The summed E-state index contributed by atoms with van der Waals surface area (Å²) in [6.07, 6.45) is 0.434. The van der Waals surface area contributed by atoms with E-state index >= 15 is 0 Å². The van der Waals surface area contributed by atoms with Gasteiger partial charge in [-0.05, 0) is 18.9 Å². The van der Waals surface area contributed by atoms with Crippen molar-refractivity contribution < 1.29 is 9.53 Å². The monoisotopic (exact) mass is 157 g/mol. The van der Waals surface area contributed by atoms with Gasteiger partial charge in [-0.25, -0.2) is 0 Å². The van der Waals surface area contributed by atoms with Gasteiger partial charge in [0, 0.05) is 4.91 Å². The van der Waals surface area contributed by atoms with E-state index in [4.69, 9.17) is 5.53 Å². The summed E-state index contributed by atoms with van der Waals surface area (Å²) < 4.78 is 4.46. The summed E-state index contributed by atoms with van der Waals surface area (Å²) in [6, 6.07) is 0. The Morgan fingerprint density at radius 3 is 2.64 bits per heavy atom. The molecular weight excluding hydrogens is 146 g/mol. The van der Waals surface area contributed by atoms with Crippen LogP contribution in [0.2, 0.25) is 0 Å². The molecule has 0 aliphatic heterocycles. The Bertz CT molecular complexity index is 198. The van der Waals surface area contributed by atoms with Crippen LogP contribution in [0.5, 0.6) is 0 Å². The molecule has 0 fully saturated rings. The van der Waals surface area contributed by atoms with Gasteiger partial charge in [0.1, 0.15) is 5.54 Å². The molecule has 0 amide bonds. The van der Waals surface area contributed by atoms with E-state index in [1.807, 2.05) is 0 Å². The Labute approximate surface area is 65.0 Å². The number of esters is 1. The molecule has 1 unspecified atom stereocenters. The molecule has 0 saturated heterocycles. The minimum atomic E-state index is -1.05. The summed E-state index contributed by atoms with van der Waals surface area (Å²) in [6.45, 7) is 3.30. The average molecular weight is 157 g/mol. The van der Waals surface area contributed by atoms with Crippen molar-refractivity contribution in [3.05, 3.63) is 10.4 Å². The van der Waals surface area contributed by atoms with E-state index in [0.717, 1.165) is 0 Å². The Morgan fingerprint density at radius 1 is 1.82 bits per heavy atom. The van der Waals surface area contributed by atoms with Gasteiger partial charge in [-0.3, -0.25) is 4.79 Å². The fraction of sp³-hybridized carbons (Fsp3) is 0.833. The van der Waals surface area contributed by atoms with Gasteiger partial charge in [-0.1, -0.05) is 12.0 Å². The van der Waals surface area contributed by atoms with Crippen molar-refractivity contribution in [3.63, 3.8) is 0 Å². The van der Waals surface area contributed by atoms with E-state index in [-0.39, 0.29) is 0 Å². The predicted molar refractivity (Wildman–Crippen MR) is 39.9 cm³/mol. The first-order chi connectivity index (χ1) is 5.10. The van der Waals surface area contributed by atoms with Gasteiger partial charge in [-0.2, -0.15) is 0 Å². The molecule has 0 aliphatic carbocycles. The van der Waals surface area contributed by atoms with Crippen LogP contribution >= 0.6 is 0 Å². The number of hydrogen-bond acceptors (Lipinski definition) is 3. The largest absolute Gasteiger partial charge is 0.469 e. The average Bonchev–Trinajstić information content (AvgIpc) is 2.03. The first kappa shape index (κ1) is 9.78. The van der Waals surface area contributed by atoms with Crippen molar-refractivity contribution in [1.82, 2.24) is 0 Å². The number of azide groups is 1. The number of carbonyl (C=O) groups is 1. The van der Waals surface area contributed by atoms with Gasteiger partial charge >= 0.3 is 5.97 Å². The Balaban J connectivity index is 4.58. The summed E-state index contributed by atoms with van der Waals surface area (Å²) in [5.41, 5.74) is 7.08. The lowest BCUT2D eigenvalue weighted by atomic mass is 10.0. The van der Waals surface area contributed by atoms with Crippen LogP contribution in [0, 0.1) is 0 Å². The molecule has 0 rings (SSSR count). The van der Waals surface area contributed by atoms with Gasteiger partial charge in [-0.15, -0.1) is 0 Å². The van der Waals surface area contributed by atoms with Crippen LogP contribution in [0.3, 0.4) is 0 Å². The van der Waals surface area contributed by atoms with E-state index < -0.39 is 11.5 Å². The lowest BCUT2D eigenvalue weighted by Crippen LogP contribution is -2.32. The molecule has 5 heteroatoms. The van der Waals surface area contributed by atoms with Gasteiger partial charge in [0.25, 0.3) is 0 Å². The smallest absolute Gasteiger partial charge is 0.317 e. The Morgan fingerprint density at radius 2 is 2.36 bits per heavy atom. The van der Waals surface area contributed by atoms with Gasteiger partial charge in [0.2, 0.25) is 0 Å². The third kappa shape index (κ3) is 2.13. The number of hydrogen-bond donors (Lipinski definition) is 0. The quantitative estimate of drug-likeness (QED) is 0.270. The van der Waals surface area contributed by atoms with Crippen LogP contribution in [-0.2, 0) is 9.53 Å². The molecule has 0 spiro atoms. The Kier molecular flexibility index (Phi) is 3.40. The number of nitrogens with zero attached hydrogens (tertiary/aromatic N) is 3. The van der Waals surface area contributed by atoms with E-state index in [1.54, 1.807) is 13.8 Å². The maximum atomic E-state index is 11.0.